The first kappa shape index (κ1) is 19.8. The Morgan fingerprint density at radius 2 is 1.77 bits per heavy atom. The number of rotatable bonds is 5. The maximum absolute atomic E-state index is 13.1. The van der Waals surface area contributed by atoms with Crippen LogP contribution in [0.3, 0.4) is 0 Å². The lowest BCUT2D eigenvalue weighted by Gasteiger charge is -2.32. The second-order valence-corrected chi connectivity index (χ2v) is 7.75. The molecule has 1 saturated heterocycles. The van der Waals surface area contributed by atoms with Crippen LogP contribution in [0.5, 0.6) is 0 Å². The Bertz CT molecular complexity index is 1030. The molecule has 30 heavy (non-hydrogen) atoms. The van der Waals surface area contributed by atoms with Crippen LogP contribution in [0.4, 0.5) is 10.5 Å². The molecular weight excluding hydrogens is 382 g/mol. The number of anilines is 1. The molecule has 1 aliphatic carbocycles. The van der Waals surface area contributed by atoms with Crippen LogP contribution in [0.25, 0.3) is 0 Å². The number of hydrogen-bond donors (Lipinski definition) is 2. The topological polar surface area (TPSA) is 95.6 Å². The maximum atomic E-state index is 13.1. The quantitative estimate of drug-likeness (QED) is 0.591. The van der Waals surface area contributed by atoms with Crippen molar-refractivity contribution in [2.75, 3.05) is 11.9 Å². The second-order valence-electron chi connectivity index (χ2n) is 7.75. The van der Waals surface area contributed by atoms with Gasteiger partial charge in [0.1, 0.15) is 5.54 Å². The van der Waals surface area contributed by atoms with Gasteiger partial charge >= 0.3 is 6.03 Å². The van der Waals surface area contributed by atoms with Gasteiger partial charge < -0.3 is 10.6 Å². The van der Waals surface area contributed by atoms with Crippen LogP contribution in [-0.2, 0) is 22.4 Å². The molecule has 4 amide bonds. The molecule has 0 saturated carbocycles. The zero-order chi connectivity index (χ0) is 21.3. The smallest absolute Gasteiger partial charge is 0.325 e. The molecule has 1 aliphatic heterocycles. The Kier molecular flexibility index (Phi) is 5.11. The van der Waals surface area contributed by atoms with Crippen molar-refractivity contribution >= 4 is 29.3 Å². The highest BCUT2D eigenvalue weighted by Gasteiger charge is 2.52. The number of nitrogens with one attached hydrogen (secondary N) is 2. The Labute approximate surface area is 174 Å². The average molecular weight is 405 g/mol. The van der Waals surface area contributed by atoms with Crippen molar-refractivity contribution in [3.8, 4) is 0 Å². The van der Waals surface area contributed by atoms with E-state index in [0.29, 0.717) is 36.9 Å². The minimum Gasteiger partial charge on any atom is -0.326 e. The van der Waals surface area contributed by atoms with Crippen molar-refractivity contribution in [2.45, 2.75) is 38.1 Å². The number of hydrogen-bond acceptors (Lipinski definition) is 4. The number of urea groups is 1. The molecule has 1 heterocycles. The monoisotopic (exact) mass is 405 g/mol. The van der Waals surface area contributed by atoms with E-state index in [-0.39, 0.29) is 24.1 Å². The fourth-order valence-electron chi connectivity index (χ4n) is 4.07. The van der Waals surface area contributed by atoms with Crippen molar-refractivity contribution < 1.29 is 19.2 Å². The molecule has 0 aromatic heterocycles. The molecule has 2 aromatic carbocycles. The third-order valence-electron chi connectivity index (χ3n) is 5.79. The first-order valence-electron chi connectivity index (χ1n) is 10.1. The molecule has 7 nitrogen and oxygen atoms in total. The van der Waals surface area contributed by atoms with Gasteiger partial charge in [0.15, 0.2) is 5.78 Å². The number of carbonyl (C=O) groups excluding carboxylic acids is 4. The summed E-state index contributed by atoms with van der Waals surface area (Å²) < 4.78 is 0. The molecule has 0 bridgehead atoms. The lowest BCUT2D eigenvalue weighted by atomic mass is 9.78. The summed E-state index contributed by atoms with van der Waals surface area (Å²) in [5, 5.41) is 5.55. The van der Waals surface area contributed by atoms with Crippen molar-refractivity contribution in [1.82, 2.24) is 10.2 Å². The van der Waals surface area contributed by atoms with Crippen LogP contribution in [-0.4, -0.2) is 40.6 Å². The third kappa shape index (κ3) is 3.58. The fourth-order valence-corrected chi connectivity index (χ4v) is 4.07. The van der Waals surface area contributed by atoms with E-state index in [9.17, 15) is 19.2 Å². The number of amides is 4. The highest BCUT2D eigenvalue weighted by atomic mass is 16.2. The zero-order valence-corrected chi connectivity index (χ0v) is 16.7. The van der Waals surface area contributed by atoms with Gasteiger partial charge in [0.05, 0.1) is 6.54 Å². The predicted octanol–water partition coefficient (Wildman–Crippen LogP) is 2.70. The molecule has 4 rings (SSSR count). The average Bonchev–Trinajstić information content (AvgIpc) is 2.97. The molecule has 0 radical (unpaired) electrons. The van der Waals surface area contributed by atoms with Crippen molar-refractivity contribution in [1.29, 1.82) is 0 Å². The van der Waals surface area contributed by atoms with Crippen LogP contribution in [0.2, 0.25) is 0 Å². The molecule has 7 heteroatoms. The van der Waals surface area contributed by atoms with Gasteiger partial charge in [-0.15, -0.1) is 0 Å². The Morgan fingerprint density at radius 3 is 2.47 bits per heavy atom. The Morgan fingerprint density at radius 1 is 1.07 bits per heavy atom. The van der Waals surface area contributed by atoms with E-state index in [1.807, 2.05) is 24.3 Å². The number of ketones is 1. The van der Waals surface area contributed by atoms with E-state index in [1.165, 1.54) is 5.56 Å². The predicted molar refractivity (Wildman–Crippen MR) is 111 cm³/mol. The Balaban J connectivity index is 1.46. The lowest BCUT2D eigenvalue weighted by molar-refractivity contribution is -0.131. The van der Waals surface area contributed by atoms with Gasteiger partial charge in [0.2, 0.25) is 5.91 Å². The van der Waals surface area contributed by atoms with E-state index < -0.39 is 11.6 Å². The number of carbonyl (C=O) groups is 4. The summed E-state index contributed by atoms with van der Waals surface area (Å²) in [6.45, 7) is 1.44. The van der Waals surface area contributed by atoms with E-state index >= 15 is 0 Å². The molecule has 1 atom stereocenters. The number of imide groups is 1. The molecule has 2 aliphatic rings. The van der Waals surface area contributed by atoms with Gasteiger partial charge in [-0.25, -0.2) is 4.79 Å². The summed E-state index contributed by atoms with van der Waals surface area (Å²) in [6.07, 6.45) is 2.02. The summed E-state index contributed by atoms with van der Waals surface area (Å²) in [5.74, 6) is -0.796. The zero-order valence-electron chi connectivity index (χ0n) is 16.7. The number of nitrogens with zero attached hydrogens (tertiary/aromatic N) is 1. The largest absolute Gasteiger partial charge is 0.326 e. The summed E-state index contributed by atoms with van der Waals surface area (Å²) in [7, 11) is 0. The van der Waals surface area contributed by atoms with Crippen LogP contribution in [0, 0.1) is 0 Å². The van der Waals surface area contributed by atoms with Gasteiger partial charge in [-0.05, 0) is 48.2 Å². The number of benzene rings is 2. The first-order chi connectivity index (χ1) is 14.4. The van der Waals surface area contributed by atoms with Gasteiger partial charge in [0, 0.05) is 24.1 Å². The number of aryl methyl sites for hydroxylation is 1. The van der Waals surface area contributed by atoms with Gasteiger partial charge in [-0.1, -0.05) is 31.2 Å². The van der Waals surface area contributed by atoms with Crippen molar-refractivity contribution in [3.63, 3.8) is 0 Å². The van der Waals surface area contributed by atoms with Crippen LogP contribution < -0.4 is 10.6 Å². The highest BCUT2D eigenvalue weighted by Crippen LogP contribution is 2.33. The molecule has 1 unspecified atom stereocenters. The summed E-state index contributed by atoms with van der Waals surface area (Å²) in [5.41, 5.74) is 2.23. The fraction of sp³-hybridized carbons (Fsp3) is 0.304. The van der Waals surface area contributed by atoms with E-state index in [2.05, 4.69) is 10.6 Å². The van der Waals surface area contributed by atoms with Crippen LogP contribution in [0.1, 0.15) is 41.3 Å². The summed E-state index contributed by atoms with van der Waals surface area (Å²) >= 11 is 0. The summed E-state index contributed by atoms with van der Waals surface area (Å²) in [4.78, 5) is 50.8. The minimum absolute atomic E-state index is 0.118. The molecule has 154 valence electrons. The van der Waals surface area contributed by atoms with Gasteiger partial charge in [-0.2, -0.15) is 0 Å². The maximum Gasteiger partial charge on any atom is 0.325 e. The van der Waals surface area contributed by atoms with E-state index in [4.69, 9.17) is 0 Å². The number of fused-ring (bicyclic) bond motifs is 1. The number of Topliss-reactive ketones (excluding diaryl/α,β-unsaturated/α-hetero) is 1. The molecule has 2 aromatic rings. The second kappa shape index (κ2) is 7.74. The highest BCUT2D eigenvalue weighted by molar-refractivity contribution is 6.11. The summed E-state index contributed by atoms with van der Waals surface area (Å²) in [6, 6.07) is 13.8. The van der Waals surface area contributed by atoms with E-state index in [0.717, 1.165) is 10.5 Å². The van der Waals surface area contributed by atoms with E-state index in [1.54, 1.807) is 31.2 Å². The minimum atomic E-state index is -0.972. The molecular formula is C23H23N3O4. The Hall–Kier alpha value is -3.48. The van der Waals surface area contributed by atoms with Crippen molar-refractivity contribution in [3.05, 3.63) is 65.2 Å². The van der Waals surface area contributed by atoms with Gasteiger partial charge in [-0.3, -0.25) is 19.3 Å². The first-order valence-corrected chi connectivity index (χ1v) is 10.1. The standard InChI is InChI=1S/C23H23N3O4/c1-2-20(28)24-18-9-7-16(8-10-18)19(27)14-26-21(29)23(25-22(26)30)12-11-15-5-3-4-6-17(15)13-23/h3-10H,2,11-14H2,1H3,(H,24,28)(H,25,30). The van der Waals surface area contributed by atoms with Crippen molar-refractivity contribution in [2.24, 2.45) is 0 Å². The molecule has 2 N–H and O–H groups in total. The SMILES string of the molecule is CCC(=O)Nc1ccc(C(=O)CN2C(=O)NC3(CCc4ccccc4C3)C2=O)cc1. The molecule has 1 fully saturated rings. The lowest BCUT2D eigenvalue weighted by Crippen LogP contribution is -2.51. The third-order valence-corrected chi connectivity index (χ3v) is 5.79. The van der Waals surface area contributed by atoms with Crippen LogP contribution in [0.15, 0.2) is 48.5 Å². The van der Waals surface area contributed by atoms with Gasteiger partial charge in [0.25, 0.3) is 5.91 Å². The van der Waals surface area contributed by atoms with Crippen LogP contribution >= 0.6 is 0 Å². The molecule has 1 spiro atoms. The normalized spacial score (nSPS) is 20.1.